The molecule has 1 aromatic rings. The van der Waals surface area contributed by atoms with Gasteiger partial charge < -0.3 is 9.47 Å². The SMILES string of the molecule is CCOC(=O)C(Cc1ccc(F)c(F)c1)N(CC(C)C)C(=O)OCC. The maximum absolute atomic E-state index is 13.5. The largest absolute Gasteiger partial charge is 0.464 e. The van der Waals surface area contributed by atoms with Crippen molar-refractivity contribution in [3.05, 3.63) is 35.4 Å². The third-order valence-electron chi connectivity index (χ3n) is 3.41. The Labute approximate surface area is 146 Å². The van der Waals surface area contributed by atoms with Crippen LogP contribution in [-0.4, -0.2) is 42.8 Å². The van der Waals surface area contributed by atoms with Crippen LogP contribution in [-0.2, 0) is 20.7 Å². The van der Waals surface area contributed by atoms with Gasteiger partial charge in [-0.2, -0.15) is 0 Å². The number of hydrogen-bond acceptors (Lipinski definition) is 4. The Morgan fingerprint density at radius 1 is 1.08 bits per heavy atom. The van der Waals surface area contributed by atoms with Gasteiger partial charge in [-0.05, 0) is 37.5 Å². The average Bonchev–Trinajstić information content (AvgIpc) is 2.54. The first-order chi connectivity index (χ1) is 11.8. The summed E-state index contributed by atoms with van der Waals surface area (Å²) in [4.78, 5) is 26.0. The molecule has 0 spiro atoms. The van der Waals surface area contributed by atoms with Crippen LogP contribution in [0.15, 0.2) is 18.2 Å². The second kappa shape index (κ2) is 9.96. The molecule has 5 nitrogen and oxygen atoms in total. The predicted molar refractivity (Wildman–Crippen MR) is 89.0 cm³/mol. The predicted octanol–water partition coefficient (Wildman–Crippen LogP) is 3.55. The van der Waals surface area contributed by atoms with Gasteiger partial charge in [0.2, 0.25) is 0 Å². The maximum Gasteiger partial charge on any atom is 0.410 e. The van der Waals surface area contributed by atoms with Gasteiger partial charge in [0.15, 0.2) is 11.6 Å². The Hall–Kier alpha value is -2.18. The van der Waals surface area contributed by atoms with E-state index in [-0.39, 0.29) is 32.1 Å². The fourth-order valence-corrected chi connectivity index (χ4v) is 2.38. The summed E-state index contributed by atoms with van der Waals surface area (Å²) in [6.07, 6.45) is -0.640. The maximum atomic E-state index is 13.5. The highest BCUT2D eigenvalue weighted by Crippen LogP contribution is 2.17. The topological polar surface area (TPSA) is 55.8 Å². The number of ether oxygens (including phenoxy) is 2. The lowest BCUT2D eigenvalue weighted by Gasteiger charge is -2.30. The van der Waals surface area contributed by atoms with Crippen molar-refractivity contribution >= 4 is 12.1 Å². The zero-order chi connectivity index (χ0) is 19.0. The monoisotopic (exact) mass is 357 g/mol. The second-order valence-electron chi connectivity index (χ2n) is 5.97. The number of carbonyl (C=O) groups excluding carboxylic acids is 2. The molecular weight excluding hydrogens is 332 g/mol. The number of halogens is 2. The number of amides is 1. The van der Waals surface area contributed by atoms with Crippen LogP contribution < -0.4 is 0 Å². The van der Waals surface area contributed by atoms with E-state index < -0.39 is 29.7 Å². The highest BCUT2D eigenvalue weighted by Gasteiger charge is 2.32. The molecule has 0 aliphatic heterocycles. The van der Waals surface area contributed by atoms with Crippen LogP contribution in [0.4, 0.5) is 13.6 Å². The van der Waals surface area contributed by atoms with Gasteiger partial charge in [-0.3, -0.25) is 4.90 Å². The molecule has 25 heavy (non-hydrogen) atoms. The summed E-state index contributed by atoms with van der Waals surface area (Å²) in [7, 11) is 0. The Morgan fingerprint density at radius 3 is 2.24 bits per heavy atom. The molecule has 0 fully saturated rings. The van der Waals surface area contributed by atoms with Gasteiger partial charge in [0, 0.05) is 13.0 Å². The Bertz CT molecular complexity index is 592. The van der Waals surface area contributed by atoms with Crippen molar-refractivity contribution < 1.29 is 27.8 Å². The van der Waals surface area contributed by atoms with E-state index in [4.69, 9.17) is 9.47 Å². The molecule has 7 heteroatoms. The van der Waals surface area contributed by atoms with Gasteiger partial charge in [0.1, 0.15) is 6.04 Å². The molecule has 1 amide bonds. The number of hydrogen-bond donors (Lipinski definition) is 0. The van der Waals surface area contributed by atoms with Crippen molar-refractivity contribution in [3.63, 3.8) is 0 Å². The highest BCUT2D eigenvalue weighted by molar-refractivity contribution is 5.81. The summed E-state index contributed by atoms with van der Waals surface area (Å²) >= 11 is 0. The van der Waals surface area contributed by atoms with Gasteiger partial charge in [-0.1, -0.05) is 19.9 Å². The summed E-state index contributed by atoms with van der Waals surface area (Å²) < 4.78 is 36.7. The molecule has 0 aliphatic carbocycles. The van der Waals surface area contributed by atoms with Gasteiger partial charge >= 0.3 is 12.1 Å². The van der Waals surface area contributed by atoms with E-state index in [1.54, 1.807) is 13.8 Å². The Morgan fingerprint density at radius 2 is 1.72 bits per heavy atom. The minimum absolute atomic E-state index is 0.00156. The molecular formula is C18H25F2NO4. The van der Waals surface area contributed by atoms with E-state index in [1.807, 2.05) is 13.8 Å². The molecule has 0 bridgehead atoms. The molecule has 0 heterocycles. The molecule has 1 atom stereocenters. The number of benzene rings is 1. The molecule has 0 aromatic heterocycles. The van der Waals surface area contributed by atoms with Gasteiger partial charge in [-0.25, -0.2) is 18.4 Å². The van der Waals surface area contributed by atoms with Crippen LogP contribution in [0.1, 0.15) is 33.3 Å². The van der Waals surface area contributed by atoms with Gasteiger partial charge in [0.05, 0.1) is 13.2 Å². The van der Waals surface area contributed by atoms with Crippen molar-refractivity contribution in [2.75, 3.05) is 19.8 Å². The molecule has 140 valence electrons. The molecule has 1 rings (SSSR count). The molecule has 1 aromatic carbocycles. The summed E-state index contributed by atoms with van der Waals surface area (Å²) in [5.74, 6) is -2.51. The third kappa shape index (κ3) is 6.32. The molecule has 0 radical (unpaired) electrons. The first-order valence-corrected chi connectivity index (χ1v) is 8.34. The summed E-state index contributed by atoms with van der Waals surface area (Å²) in [5, 5.41) is 0. The zero-order valence-corrected chi connectivity index (χ0v) is 15.1. The van der Waals surface area contributed by atoms with Gasteiger partial charge in [-0.15, -0.1) is 0 Å². The van der Waals surface area contributed by atoms with Crippen LogP contribution in [0.2, 0.25) is 0 Å². The number of esters is 1. The highest BCUT2D eigenvalue weighted by atomic mass is 19.2. The van der Waals surface area contributed by atoms with E-state index in [0.29, 0.717) is 5.56 Å². The molecule has 0 N–H and O–H groups in total. The van der Waals surface area contributed by atoms with Crippen molar-refractivity contribution in [2.45, 2.75) is 40.2 Å². The normalized spacial score (nSPS) is 12.0. The summed E-state index contributed by atoms with van der Waals surface area (Å²) in [6, 6.07) is 2.40. The number of nitrogens with zero attached hydrogens (tertiary/aromatic N) is 1. The van der Waals surface area contributed by atoms with Crippen LogP contribution in [0, 0.1) is 17.6 Å². The lowest BCUT2D eigenvalue weighted by atomic mass is 10.0. The molecule has 0 aliphatic rings. The smallest absolute Gasteiger partial charge is 0.410 e. The Balaban J connectivity index is 3.15. The van der Waals surface area contributed by atoms with E-state index in [9.17, 15) is 18.4 Å². The molecule has 1 unspecified atom stereocenters. The molecule has 0 saturated heterocycles. The van der Waals surface area contributed by atoms with Crippen LogP contribution in [0.3, 0.4) is 0 Å². The van der Waals surface area contributed by atoms with Gasteiger partial charge in [0.25, 0.3) is 0 Å². The first kappa shape index (κ1) is 20.9. The minimum atomic E-state index is -1.01. The van der Waals surface area contributed by atoms with Crippen molar-refractivity contribution in [3.8, 4) is 0 Å². The van der Waals surface area contributed by atoms with E-state index in [0.717, 1.165) is 12.1 Å². The average molecular weight is 357 g/mol. The number of carbonyl (C=O) groups is 2. The standard InChI is InChI=1S/C18H25F2NO4/c1-5-24-17(22)16(10-13-7-8-14(19)15(20)9-13)21(11-12(3)4)18(23)25-6-2/h7-9,12,16H,5-6,10-11H2,1-4H3. The van der Waals surface area contributed by atoms with Crippen LogP contribution >= 0.6 is 0 Å². The molecule has 0 saturated carbocycles. The van der Waals surface area contributed by atoms with E-state index in [1.165, 1.54) is 11.0 Å². The van der Waals surface area contributed by atoms with Crippen LogP contribution in [0.5, 0.6) is 0 Å². The second-order valence-corrected chi connectivity index (χ2v) is 5.97. The summed E-state index contributed by atoms with van der Waals surface area (Å²) in [6.45, 7) is 7.69. The fourth-order valence-electron chi connectivity index (χ4n) is 2.38. The Kier molecular flexibility index (Phi) is 8.31. The van der Waals surface area contributed by atoms with E-state index in [2.05, 4.69) is 0 Å². The van der Waals surface area contributed by atoms with Crippen molar-refractivity contribution in [2.24, 2.45) is 5.92 Å². The lowest BCUT2D eigenvalue weighted by Crippen LogP contribution is -2.49. The fraction of sp³-hybridized carbons (Fsp3) is 0.556. The third-order valence-corrected chi connectivity index (χ3v) is 3.41. The number of rotatable bonds is 8. The van der Waals surface area contributed by atoms with Crippen molar-refractivity contribution in [1.29, 1.82) is 0 Å². The summed E-state index contributed by atoms with van der Waals surface area (Å²) in [5.41, 5.74) is 0.384. The minimum Gasteiger partial charge on any atom is -0.464 e. The van der Waals surface area contributed by atoms with E-state index >= 15 is 0 Å². The lowest BCUT2D eigenvalue weighted by molar-refractivity contribution is -0.149. The first-order valence-electron chi connectivity index (χ1n) is 8.34. The zero-order valence-electron chi connectivity index (χ0n) is 15.1. The van der Waals surface area contributed by atoms with Crippen molar-refractivity contribution in [1.82, 2.24) is 4.90 Å². The quantitative estimate of drug-likeness (QED) is 0.668. The van der Waals surface area contributed by atoms with Crippen LogP contribution in [0.25, 0.3) is 0 Å².